The Hall–Kier alpha value is -0.160. The molecule has 1 saturated carbocycles. The topological polar surface area (TPSA) is 47.7 Å². The number of nitrogens with two attached hydrogens (primary N) is 1. The van der Waals surface area contributed by atoms with Crippen LogP contribution < -0.4 is 5.73 Å². The van der Waals surface area contributed by atoms with E-state index in [1.807, 2.05) is 0 Å². The van der Waals surface area contributed by atoms with Crippen molar-refractivity contribution >= 4 is 0 Å². The minimum absolute atomic E-state index is 0.214. The quantitative estimate of drug-likeness (QED) is 0.743. The average Bonchev–Trinajstić information content (AvgIpc) is 2.79. The summed E-state index contributed by atoms with van der Waals surface area (Å²) >= 11 is 0. The smallest absolute Gasteiger partial charge is 0.168 e. The van der Waals surface area contributed by atoms with Crippen molar-refractivity contribution in [3.05, 3.63) is 0 Å². The van der Waals surface area contributed by atoms with Gasteiger partial charge in [0.05, 0.1) is 12.7 Å². The lowest BCUT2D eigenvalue weighted by molar-refractivity contribution is -0.163. The normalized spacial score (nSPS) is 29.4. The SMILES string of the molecule is CN(CCN)CC1COC2(CCCC2)O1. The van der Waals surface area contributed by atoms with E-state index in [0.717, 1.165) is 32.5 Å². The fourth-order valence-electron chi connectivity index (χ4n) is 2.54. The van der Waals surface area contributed by atoms with E-state index in [0.29, 0.717) is 6.54 Å². The zero-order valence-electron chi connectivity index (χ0n) is 9.58. The molecule has 1 spiro atoms. The maximum atomic E-state index is 6.02. The van der Waals surface area contributed by atoms with E-state index in [-0.39, 0.29) is 11.9 Å². The van der Waals surface area contributed by atoms with E-state index in [9.17, 15) is 0 Å². The molecule has 1 saturated heterocycles. The van der Waals surface area contributed by atoms with Gasteiger partial charge >= 0.3 is 0 Å². The Morgan fingerprint density at radius 3 is 2.80 bits per heavy atom. The maximum absolute atomic E-state index is 6.02. The van der Waals surface area contributed by atoms with Crippen LogP contribution in [0.2, 0.25) is 0 Å². The summed E-state index contributed by atoms with van der Waals surface area (Å²) in [7, 11) is 2.08. The molecular formula is C11H22N2O2. The number of hydrogen-bond acceptors (Lipinski definition) is 4. The Morgan fingerprint density at radius 2 is 2.13 bits per heavy atom. The first-order valence-electron chi connectivity index (χ1n) is 5.94. The highest BCUT2D eigenvalue weighted by Gasteiger charge is 2.43. The van der Waals surface area contributed by atoms with E-state index < -0.39 is 0 Å². The summed E-state index contributed by atoms with van der Waals surface area (Å²) in [5.41, 5.74) is 5.51. The van der Waals surface area contributed by atoms with Gasteiger partial charge in [0.25, 0.3) is 0 Å². The molecule has 4 nitrogen and oxygen atoms in total. The Morgan fingerprint density at radius 1 is 1.40 bits per heavy atom. The zero-order chi connectivity index (χ0) is 10.7. The third-order valence-electron chi connectivity index (χ3n) is 3.31. The molecule has 0 aromatic rings. The van der Waals surface area contributed by atoms with Crippen LogP contribution in [0.4, 0.5) is 0 Å². The molecule has 0 amide bonds. The first-order chi connectivity index (χ1) is 7.24. The highest BCUT2D eigenvalue weighted by Crippen LogP contribution is 2.39. The minimum atomic E-state index is -0.214. The van der Waals surface area contributed by atoms with Crippen molar-refractivity contribution in [3.63, 3.8) is 0 Å². The molecule has 1 aliphatic heterocycles. The van der Waals surface area contributed by atoms with E-state index >= 15 is 0 Å². The molecule has 1 aliphatic carbocycles. The minimum Gasteiger partial charge on any atom is -0.347 e. The van der Waals surface area contributed by atoms with Crippen molar-refractivity contribution < 1.29 is 9.47 Å². The van der Waals surface area contributed by atoms with Gasteiger partial charge in [0.15, 0.2) is 5.79 Å². The predicted octanol–water partition coefficient (Wildman–Crippen LogP) is 0.563. The Kier molecular flexibility index (Phi) is 3.61. The molecule has 0 bridgehead atoms. The van der Waals surface area contributed by atoms with Gasteiger partial charge in [-0.15, -0.1) is 0 Å². The third-order valence-corrected chi connectivity index (χ3v) is 3.31. The van der Waals surface area contributed by atoms with Gasteiger partial charge in [0, 0.05) is 32.5 Å². The summed E-state index contributed by atoms with van der Waals surface area (Å²) in [6, 6.07) is 0. The van der Waals surface area contributed by atoms with E-state index in [1.54, 1.807) is 0 Å². The van der Waals surface area contributed by atoms with Crippen LogP contribution in [0.5, 0.6) is 0 Å². The van der Waals surface area contributed by atoms with E-state index in [1.165, 1.54) is 12.8 Å². The largest absolute Gasteiger partial charge is 0.347 e. The summed E-state index contributed by atoms with van der Waals surface area (Å²) < 4.78 is 11.8. The van der Waals surface area contributed by atoms with Gasteiger partial charge < -0.3 is 20.1 Å². The Balaban J connectivity index is 1.77. The van der Waals surface area contributed by atoms with Gasteiger partial charge in [-0.1, -0.05) is 0 Å². The second kappa shape index (κ2) is 4.78. The van der Waals surface area contributed by atoms with Gasteiger partial charge in [-0.05, 0) is 19.9 Å². The Bertz CT molecular complexity index is 205. The molecule has 2 rings (SSSR count). The lowest BCUT2D eigenvalue weighted by atomic mass is 10.2. The highest BCUT2D eigenvalue weighted by molar-refractivity contribution is 4.84. The summed E-state index contributed by atoms with van der Waals surface area (Å²) in [4.78, 5) is 2.21. The predicted molar refractivity (Wildman–Crippen MR) is 58.6 cm³/mol. The summed E-state index contributed by atoms with van der Waals surface area (Å²) in [6.45, 7) is 3.30. The molecular weight excluding hydrogens is 192 g/mol. The van der Waals surface area contributed by atoms with Gasteiger partial charge in [0.2, 0.25) is 0 Å². The van der Waals surface area contributed by atoms with Gasteiger partial charge in [0.1, 0.15) is 0 Å². The molecule has 15 heavy (non-hydrogen) atoms. The summed E-state index contributed by atoms with van der Waals surface area (Å²) in [6.07, 6.45) is 4.87. The number of likely N-dealkylation sites (N-methyl/N-ethyl adjacent to an activating group) is 1. The fraction of sp³-hybridized carbons (Fsp3) is 1.00. The van der Waals surface area contributed by atoms with Crippen LogP contribution in [0.25, 0.3) is 0 Å². The fourth-order valence-corrected chi connectivity index (χ4v) is 2.54. The average molecular weight is 214 g/mol. The van der Waals surface area contributed by atoms with E-state index in [2.05, 4.69) is 11.9 Å². The lowest BCUT2D eigenvalue weighted by Crippen LogP contribution is -2.35. The second-order valence-electron chi connectivity index (χ2n) is 4.72. The standard InChI is InChI=1S/C11H22N2O2/c1-13(7-6-12)8-10-9-14-11(15-10)4-2-3-5-11/h10H,2-9,12H2,1H3. The summed E-state index contributed by atoms with van der Waals surface area (Å²) in [5, 5.41) is 0. The molecule has 2 N–H and O–H groups in total. The van der Waals surface area contributed by atoms with Crippen LogP contribution in [0.3, 0.4) is 0 Å². The Labute approximate surface area is 91.7 Å². The molecule has 2 aliphatic rings. The maximum Gasteiger partial charge on any atom is 0.168 e. The second-order valence-corrected chi connectivity index (χ2v) is 4.72. The zero-order valence-corrected chi connectivity index (χ0v) is 9.58. The van der Waals surface area contributed by atoms with E-state index in [4.69, 9.17) is 15.2 Å². The van der Waals surface area contributed by atoms with Gasteiger partial charge in [-0.3, -0.25) is 0 Å². The van der Waals surface area contributed by atoms with Crippen molar-refractivity contribution in [2.45, 2.75) is 37.6 Å². The lowest BCUT2D eigenvalue weighted by Gasteiger charge is -2.23. The number of ether oxygens (including phenoxy) is 2. The molecule has 0 aromatic heterocycles. The molecule has 1 unspecified atom stereocenters. The molecule has 4 heteroatoms. The van der Waals surface area contributed by atoms with Crippen LogP contribution in [0.1, 0.15) is 25.7 Å². The van der Waals surface area contributed by atoms with Crippen molar-refractivity contribution in [1.29, 1.82) is 0 Å². The monoisotopic (exact) mass is 214 g/mol. The highest BCUT2D eigenvalue weighted by atomic mass is 16.7. The number of hydrogen-bond donors (Lipinski definition) is 1. The molecule has 0 aromatic carbocycles. The van der Waals surface area contributed by atoms with Crippen LogP contribution in [-0.4, -0.2) is 50.1 Å². The third kappa shape index (κ3) is 2.69. The number of nitrogens with zero attached hydrogens (tertiary/aromatic N) is 1. The summed E-state index contributed by atoms with van der Waals surface area (Å²) in [5.74, 6) is -0.214. The van der Waals surface area contributed by atoms with Crippen LogP contribution in [0, 0.1) is 0 Å². The van der Waals surface area contributed by atoms with Gasteiger partial charge in [-0.2, -0.15) is 0 Å². The first-order valence-corrected chi connectivity index (χ1v) is 5.94. The van der Waals surface area contributed by atoms with Crippen LogP contribution in [-0.2, 0) is 9.47 Å². The first kappa shape index (κ1) is 11.3. The molecule has 2 fully saturated rings. The van der Waals surface area contributed by atoms with Crippen molar-refractivity contribution in [1.82, 2.24) is 4.90 Å². The van der Waals surface area contributed by atoms with Crippen molar-refractivity contribution in [2.75, 3.05) is 33.3 Å². The van der Waals surface area contributed by atoms with Crippen LogP contribution in [0.15, 0.2) is 0 Å². The van der Waals surface area contributed by atoms with Crippen molar-refractivity contribution in [2.24, 2.45) is 5.73 Å². The number of rotatable bonds is 4. The molecule has 0 radical (unpaired) electrons. The van der Waals surface area contributed by atoms with Crippen molar-refractivity contribution in [3.8, 4) is 0 Å². The van der Waals surface area contributed by atoms with Gasteiger partial charge in [-0.25, -0.2) is 0 Å². The molecule has 88 valence electrons. The van der Waals surface area contributed by atoms with Crippen LogP contribution >= 0.6 is 0 Å². The molecule has 1 atom stereocenters. The molecule has 1 heterocycles.